The quantitative estimate of drug-likeness (QED) is 0.941. The van der Waals surface area contributed by atoms with Gasteiger partial charge in [0.1, 0.15) is 11.8 Å². The first kappa shape index (κ1) is 15.4. The van der Waals surface area contributed by atoms with Gasteiger partial charge >= 0.3 is 0 Å². The minimum Gasteiger partial charge on any atom is -0.467 e. The Bertz CT molecular complexity index is 606. The molecule has 0 fully saturated rings. The highest BCUT2D eigenvalue weighted by molar-refractivity contribution is 5.81. The average molecular weight is 289 g/mol. The van der Waals surface area contributed by atoms with E-state index in [1.165, 1.54) is 0 Å². The second-order valence-corrected chi connectivity index (χ2v) is 6.36. The number of carbonyl (C=O) groups is 1. The largest absolute Gasteiger partial charge is 0.467 e. The Labute approximate surface area is 125 Å². The molecule has 1 unspecified atom stereocenters. The molecule has 0 bridgehead atoms. The van der Waals surface area contributed by atoms with Gasteiger partial charge in [-0.15, -0.1) is 0 Å². The third-order valence-electron chi connectivity index (χ3n) is 3.35. The predicted octanol–water partition coefficient (Wildman–Crippen LogP) is 2.84. The molecule has 2 rings (SSSR count). The molecule has 1 N–H and O–H groups in total. The van der Waals surface area contributed by atoms with Crippen LogP contribution in [0.3, 0.4) is 0 Å². The first-order valence-electron chi connectivity index (χ1n) is 7.13. The summed E-state index contributed by atoms with van der Waals surface area (Å²) in [5.41, 5.74) is 1.58. The number of hydrogen-bond acceptors (Lipinski definition) is 3. The summed E-state index contributed by atoms with van der Waals surface area (Å²) in [6.45, 7) is 10.1. The standard InChI is InChI=1S/C16H23N3O2/c1-11-9-12(2)19(18-11)13(14-7-6-8-21-14)10-17-15(20)16(3,4)5/h6-9,13H,10H2,1-5H3,(H,17,20). The van der Waals surface area contributed by atoms with E-state index in [4.69, 9.17) is 4.42 Å². The molecule has 1 atom stereocenters. The average Bonchev–Trinajstić information content (AvgIpc) is 2.99. The third-order valence-corrected chi connectivity index (χ3v) is 3.35. The number of furan rings is 1. The van der Waals surface area contributed by atoms with Crippen LogP contribution in [0.2, 0.25) is 0 Å². The van der Waals surface area contributed by atoms with Crippen molar-refractivity contribution in [3.05, 3.63) is 41.6 Å². The summed E-state index contributed by atoms with van der Waals surface area (Å²) < 4.78 is 7.42. The lowest BCUT2D eigenvalue weighted by Gasteiger charge is -2.22. The van der Waals surface area contributed by atoms with Crippen LogP contribution in [0.4, 0.5) is 0 Å². The van der Waals surface area contributed by atoms with Crippen molar-refractivity contribution >= 4 is 5.91 Å². The molecule has 2 aromatic heterocycles. The number of nitrogens with one attached hydrogen (secondary N) is 1. The number of amides is 1. The highest BCUT2D eigenvalue weighted by atomic mass is 16.3. The molecule has 1 amide bonds. The summed E-state index contributed by atoms with van der Waals surface area (Å²) in [5.74, 6) is 0.802. The van der Waals surface area contributed by atoms with Crippen LogP contribution in [0.5, 0.6) is 0 Å². The van der Waals surface area contributed by atoms with E-state index in [-0.39, 0.29) is 11.9 Å². The SMILES string of the molecule is Cc1cc(C)n(C(CNC(=O)C(C)(C)C)c2ccco2)n1. The van der Waals surface area contributed by atoms with Crippen molar-refractivity contribution < 1.29 is 9.21 Å². The van der Waals surface area contributed by atoms with Gasteiger partial charge < -0.3 is 9.73 Å². The summed E-state index contributed by atoms with van der Waals surface area (Å²) in [7, 11) is 0. The molecule has 2 aromatic rings. The van der Waals surface area contributed by atoms with Gasteiger partial charge in [0.15, 0.2) is 0 Å². The molecule has 5 nitrogen and oxygen atoms in total. The van der Waals surface area contributed by atoms with Crippen molar-refractivity contribution in [2.24, 2.45) is 5.41 Å². The van der Waals surface area contributed by atoms with Crippen LogP contribution in [0.25, 0.3) is 0 Å². The van der Waals surface area contributed by atoms with E-state index in [1.54, 1.807) is 6.26 Å². The smallest absolute Gasteiger partial charge is 0.225 e. The van der Waals surface area contributed by atoms with Crippen molar-refractivity contribution in [1.82, 2.24) is 15.1 Å². The van der Waals surface area contributed by atoms with Crippen LogP contribution in [0, 0.1) is 19.3 Å². The van der Waals surface area contributed by atoms with Gasteiger partial charge in [-0.1, -0.05) is 20.8 Å². The van der Waals surface area contributed by atoms with E-state index in [1.807, 2.05) is 57.5 Å². The molecule has 2 heterocycles. The number of aromatic nitrogens is 2. The van der Waals surface area contributed by atoms with Gasteiger partial charge in [-0.3, -0.25) is 9.48 Å². The van der Waals surface area contributed by atoms with Crippen LogP contribution in [-0.2, 0) is 4.79 Å². The highest BCUT2D eigenvalue weighted by Gasteiger charge is 2.25. The first-order chi connectivity index (χ1) is 9.79. The maximum atomic E-state index is 12.1. The van der Waals surface area contributed by atoms with Gasteiger partial charge in [0.2, 0.25) is 5.91 Å². The lowest BCUT2D eigenvalue weighted by Crippen LogP contribution is -2.38. The molecule has 0 saturated carbocycles. The van der Waals surface area contributed by atoms with Crippen molar-refractivity contribution in [2.45, 2.75) is 40.7 Å². The number of hydrogen-bond donors (Lipinski definition) is 1. The van der Waals surface area contributed by atoms with Gasteiger partial charge in [0, 0.05) is 17.7 Å². The Morgan fingerprint density at radius 1 is 1.43 bits per heavy atom. The molecular formula is C16H23N3O2. The zero-order chi connectivity index (χ0) is 15.6. The van der Waals surface area contributed by atoms with E-state index in [0.29, 0.717) is 6.54 Å². The number of carbonyl (C=O) groups excluding carboxylic acids is 1. The third kappa shape index (κ3) is 3.54. The Morgan fingerprint density at radius 3 is 2.62 bits per heavy atom. The van der Waals surface area contributed by atoms with Crippen molar-refractivity contribution in [3.8, 4) is 0 Å². The minimum absolute atomic E-state index is 0.0144. The number of aryl methyl sites for hydroxylation is 2. The van der Waals surface area contributed by atoms with Crippen LogP contribution in [0.1, 0.15) is 44.0 Å². The van der Waals surface area contributed by atoms with Gasteiger partial charge in [0.05, 0.1) is 12.0 Å². The molecule has 0 aromatic carbocycles. The first-order valence-corrected chi connectivity index (χ1v) is 7.13. The topological polar surface area (TPSA) is 60.1 Å². The van der Waals surface area contributed by atoms with E-state index >= 15 is 0 Å². The highest BCUT2D eigenvalue weighted by Crippen LogP contribution is 2.21. The molecule has 114 valence electrons. The second kappa shape index (κ2) is 5.76. The second-order valence-electron chi connectivity index (χ2n) is 6.36. The zero-order valence-electron chi connectivity index (χ0n) is 13.3. The van der Waals surface area contributed by atoms with Crippen LogP contribution in [0.15, 0.2) is 28.9 Å². The van der Waals surface area contributed by atoms with E-state index in [0.717, 1.165) is 17.1 Å². The van der Waals surface area contributed by atoms with Crippen LogP contribution >= 0.6 is 0 Å². The number of nitrogens with zero attached hydrogens (tertiary/aromatic N) is 2. The Kier molecular flexibility index (Phi) is 4.21. The lowest BCUT2D eigenvalue weighted by atomic mass is 9.95. The van der Waals surface area contributed by atoms with Gasteiger partial charge in [-0.25, -0.2) is 0 Å². The molecule has 5 heteroatoms. The summed E-state index contributed by atoms with van der Waals surface area (Å²) in [4.78, 5) is 12.1. The summed E-state index contributed by atoms with van der Waals surface area (Å²) in [6.07, 6.45) is 1.64. The zero-order valence-corrected chi connectivity index (χ0v) is 13.3. The molecule has 0 aliphatic carbocycles. The maximum Gasteiger partial charge on any atom is 0.225 e. The molecule has 0 saturated heterocycles. The Hall–Kier alpha value is -2.04. The van der Waals surface area contributed by atoms with Gasteiger partial charge in [-0.05, 0) is 32.0 Å². The number of rotatable bonds is 4. The summed E-state index contributed by atoms with van der Waals surface area (Å²) in [5, 5.41) is 7.50. The normalized spacial score (nSPS) is 13.2. The molecular weight excluding hydrogens is 266 g/mol. The minimum atomic E-state index is -0.414. The van der Waals surface area contributed by atoms with Crippen molar-refractivity contribution in [2.75, 3.05) is 6.54 Å². The lowest BCUT2D eigenvalue weighted by molar-refractivity contribution is -0.128. The molecule has 0 aliphatic heterocycles. The molecule has 0 radical (unpaired) electrons. The van der Waals surface area contributed by atoms with Crippen molar-refractivity contribution in [3.63, 3.8) is 0 Å². The maximum absolute atomic E-state index is 12.1. The van der Waals surface area contributed by atoms with E-state index in [9.17, 15) is 4.79 Å². The van der Waals surface area contributed by atoms with E-state index in [2.05, 4.69) is 10.4 Å². The summed E-state index contributed by atoms with van der Waals surface area (Å²) >= 11 is 0. The van der Waals surface area contributed by atoms with Gasteiger partial charge in [0.25, 0.3) is 0 Å². The van der Waals surface area contributed by atoms with Crippen molar-refractivity contribution in [1.29, 1.82) is 0 Å². The Balaban J connectivity index is 2.23. The van der Waals surface area contributed by atoms with Gasteiger partial charge in [-0.2, -0.15) is 5.10 Å². The fraction of sp³-hybridized carbons (Fsp3) is 0.500. The van der Waals surface area contributed by atoms with E-state index < -0.39 is 5.41 Å². The summed E-state index contributed by atoms with van der Waals surface area (Å²) in [6, 6.07) is 5.63. The fourth-order valence-corrected chi connectivity index (χ4v) is 2.20. The molecule has 21 heavy (non-hydrogen) atoms. The predicted molar refractivity (Wildman–Crippen MR) is 81.0 cm³/mol. The monoisotopic (exact) mass is 289 g/mol. The molecule has 0 aliphatic rings. The van der Waals surface area contributed by atoms with Crippen LogP contribution in [-0.4, -0.2) is 22.2 Å². The fourth-order valence-electron chi connectivity index (χ4n) is 2.20. The van der Waals surface area contributed by atoms with Crippen LogP contribution < -0.4 is 5.32 Å². The molecule has 0 spiro atoms. The Morgan fingerprint density at radius 2 is 2.14 bits per heavy atom.